The first-order chi connectivity index (χ1) is 14.4. The van der Waals surface area contributed by atoms with Crippen molar-refractivity contribution in [1.82, 2.24) is 0 Å². The topological polar surface area (TPSA) is 78.7 Å². The van der Waals surface area contributed by atoms with Gasteiger partial charge in [0, 0.05) is 49.2 Å². The molecule has 0 saturated carbocycles. The van der Waals surface area contributed by atoms with Gasteiger partial charge in [-0.15, -0.1) is 0 Å². The number of nitro benzene ring substituents is 1. The quantitative estimate of drug-likeness (QED) is 0.514. The van der Waals surface area contributed by atoms with Gasteiger partial charge in [0.2, 0.25) is 0 Å². The van der Waals surface area contributed by atoms with Crippen LogP contribution in [-0.4, -0.2) is 37.0 Å². The number of anilines is 3. The fourth-order valence-corrected chi connectivity index (χ4v) is 3.98. The molecule has 1 aliphatic heterocycles. The molecule has 3 rings (SSSR count). The van der Waals surface area contributed by atoms with Crippen molar-refractivity contribution < 1.29 is 9.72 Å². The number of amides is 1. The van der Waals surface area contributed by atoms with Gasteiger partial charge in [0.05, 0.1) is 4.92 Å². The molecule has 0 radical (unpaired) electrons. The highest BCUT2D eigenvalue weighted by Gasteiger charge is 2.23. The number of rotatable bonds is 7. The average Bonchev–Trinajstić information content (AvgIpc) is 2.76. The van der Waals surface area contributed by atoms with Gasteiger partial charge in [0.25, 0.3) is 11.6 Å². The Morgan fingerprint density at radius 1 is 1.10 bits per heavy atom. The molecule has 2 aromatic carbocycles. The fourth-order valence-electron chi connectivity index (χ4n) is 3.98. The summed E-state index contributed by atoms with van der Waals surface area (Å²) < 4.78 is 0. The van der Waals surface area contributed by atoms with Crippen LogP contribution in [0.5, 0.6) is 0 Å². The SMILES string of the molecule is CCN(CC)c1ccc(NC(=O)c2ccc(N3CCCCC3)c([N+](=O)[O-])c2)c(C)c1. The summed E-state index contributed by atoms with van der Waals surface area (Å²) in [6.07, 6.45) is 3.21. The Hall–Kier alpha value is -3.09. The van der Waals surface area contributed by atoms with Crippen LogP contribution in [0.25, 0.3) is 0 Å². The fraction of sp³-hybridized carbons (Fsp3) is 0.435. The van der Waals surface area contributed by atoms with E-state index in [2.05, 4.69) is 24.1 Å². The lowest BCUT2D eigenvalue weighted by molar-refractivity contribution is -0.384. The number of hydrogen-bond donors (Lipinski definition) is 1. The van der Waals surface area contributed by atoms with Crippen LogP contribution in [0.3, 0.4) is 0 Å². The maximum absolute atomic E-state index is 12.8. The predicted octanol–water partition coefficient (Wildman–Crippen LogP) is 4.99. The van der Waals surface area contributed by atoms with Crippen molar-refractivity contribution in [2.75, 3.05) is 41.3 Å². The zero-order valence-electron chi connectivity index (χ0n) is 18.0. The third-order valence-corrected chi connectivity index (χ3v) is 5.72. The van der Waals surface area contributed by atoms with Gasteiger partial charge in [0.1, 0.15) is 5.69 Å². The highest BCUT2D eigenvalue weighted by molar-refractivity contribution is 6.05. The lowest BCUT2D eigenvalue weighted by Gasteiger charge is -2.28. The second-order valence-electron chi connectivity index (χ2n) is 7.63. The minimum Gasteiger partial charge on any atom is -0.372 e. The molecule has 1 heterocycles. The Kier molecular flexibility index (Phi) is 6.92. The Morgan fingerprint density at radius 2 is 1.80 bits per heavy atom. The Morgan fingerprint density at radius 3 is 2.40 bits per heavy atom. The summed E-state index contributed by atoms with van der Waals surface area (Å²) in [7, 11) is 0. The summed E-state index contributed by atoms with van der Waals surface area (Å²) in [6.45, 7) is 9.60. The molecular formula is C23H30N4O3. The molecule has 1 amide bonds. The molecule has 0 atom stereocenters. The Labute approximate surface area is 177 Å². The van der Waals surface area contributed by atoms with Crippen LogP contribution in [0.4, 0.5) is 22.7 Å². The van der Waals surface area contributed by atoms with Gasteiger partial charge in [-0.3, -0.25) is 14.9 Å². The maximum atomic E-state index is 12.8. The van der Waals surface area contributed by atoms with Gasteiger partial charge < -0.3 is 15.1 Å². The third-order valence-electron chi connectivity index (χ3n) is 5.72. The van der Waals surface area contributed by atoms with Crippen molar-refractivity contribution >= 4 is 28.7 Å². The lowest BCUT2D eigenvalue weighted by Crippen LogP contribution is -2.30. The van der Waals surface area contributed by atoms with Crippen LogP contribution in [-0.2, 0) is 0 Å². The van der Waals surface area contributed by atoms with Crippen LogP contribution in [0.15, 0.2) is 36.4 Å². The number of nitrogens with zero attached hydrogens (tertiary/aromatic N) is 3. The number of benzene rings is 2. The van der Waals surface area contributed by atoms with Crippen LogP contribution in [0, 0.1) is 17.0 Å². The highest BCUT2D eigenvalue weighted by atomic mass is 16.6. The molecule has 160 valence electrons. The van der Waals surface area contributed by atoms with E-state index in [-0.39, 0.29) is 17.2 Å². The second-order valence-corrected chi connectivity index (χ2v) is 7.63. The summed E-state index contributed by atoms with van der Waals surface area (Å²) in [5.41, 5.74) is 3.63. The molecule has 1 fully saturated rings. The smallest absolute Gasteiger partial charge is 0.293 e. The first-order valence-corrected chi connectivity index (χ1v) is 10.6. The molecule has 7 nitrogen and oxygen atoms in total. The summed E-state index contributed by atoms with van der Waals surface area (Å²) in [5, 5.41) is 14.6. The second kappa shape index (κ2) is 9.61. The minimum absolute atomic E-state index is 0.0156. The van der Waals surface area contributed by atoms with Gasteiger partial charge in [-0.25, -0.2) is 0 Å². The van der Waals surface area contributed by atoms with Crippen LogP contribution < -0.4 is 15.1 Å². The van der Waals surface area contributed by atoms with E-state index in [0.717, 1.165) is 56.7 Å². The molecule has 30 heavy (non-hydrogen) atoms. The lowest BCUT2D eigenvalue weighted by atomic mass is 10.1. The Balaban J connectivity index is 1.81. The summed E-state index contributed by atoms with van der Waals surface area (Å²) in [4.78, 5) is 28.3. The standard InChI is InChI=1S/C23H30N4O3/c1-4-25(5-2)19-10-11-20(17(3)15-19)24-23(28)18-9-12-21(22(16-18)27(29)30)26-13-7-6-8-14-26/h9-12,15-16H,4-8,13-14H2,1-3H3,(H,24,28). The zero-order valence-corrected chi connectivity index (χ0v) is 18.0. The average molecular weight is 411 g/mol. The van der Waals surface area contributed by atoms with E-state index >= 15 is 0 Å². The maximum Gasteiger partial charge on any atom is 0.293 e. The molecule has 2 aromatic rings. The third kappa shape index (κ3) is 4.72. The van der Waals surface area contributed by atoms with E-state index < -0.39 is 4.92 Å². The molecule has 0 bridgehead atoms. The molecule has 0 aromatic heterocycles. The molecule has 0 aliphatic carbocycles. The van der Waals surface area contributed by atoms with Crippen molar-refractivity contribution in [3.05, 3.63) is 57.6 Å². The first-order valence-electron chi connectivity index (χ1n) is 10.6. The predicted molar refractivity (Wildman–Crippen MR) is 122 cm³/mol. The number of aryl methyl sites for hydroxylation is 1. The zero-order chi connectivity index (χ0) is 21.7. The van der Waals surface area contributed by atoms with E-state index in [1.54, 1.807) is 12.1 Å². The molecule has 7 heteroatoms. The minimum atomic E-state index is -0.398. The summed E-state index contributed by atoms with van der Waals surface area (Å²) >= 11 is 0. The van der Waals surface area contributed by atoms with E-state index in [4.69, 9.17) is 0 Å². The number of carbonyl (C=O) groups excluding carboxylic acids is 1. The molecule has 1 aliphatic rings. The molecule has 1 saturated heterocycles. The van der Waals surface area contributed by atoms with Crippen LogP contribution in [0.2, 0.25) is 0 Å². The monoisotopic (exact) mass is 410 g/mol. The van der Waals surface area contributed by atoms with Gasteiger partial charge in [0.15, 0.2) is 0 Å². The van der Waals surface area contributed by atoms with Crippen molar-refractivity contribution in [3.8, 4) is 0 Å². The normalized spacial score (nSPS) is 13.8. The van der Waals surface area contributed by atoms with E-state index in [9.17, 15) is 14.9 Å². The number of hydrogen-bond acceptors (Lipinski definition) is 5. The number of nitrogens with one attached hydrogen (secondary N) is 1. The van der Waals surface area contributed by atoms with Crippen molar-refractivity contribution in [3.63, 3.8) is 0 Å². The largest absolute Gasteiger partial charge is 0.372 e. The van der Waals surface area contributed by atoms with Gasteiger partial charge >= 0.3 is 0 Å². The highest BCUT2D eigenvalue weighted by Crippen LogP contribution is 2.32. The number of carbonyl (C=O) groups is 1. The Bertz CT molecular complexity index is 919. The number of piperidine rings is 1. The molecule has 1 N–H and O–H groups in total. The van der Waals surface area contributed by atoms with Crippen LogP contribution >= 0.6 is 0 Å². The molecule has 0 unspecified atom stereocenters. The molecular weight excluding hydrogens is 380 g/mol. The van der Waals surface area contributed by atoms with Gasteiger partial charge in [-0.2, -0.15) is 0 Å². The number of nitro groups is 1. The summed E-state index contributed by atoms with van der Waals surface area (Å²) in [6, 6.07) is 10.7. The van der Waals surface area contributed by atoms with Crippen molar-refractivity contribution in [2.45, 2.75) is 40.0 Å². The first kappa shape index (κ1) is 21.6. The summed E-state index contributed by atoms with van der Waals surface area (Å²) in [5.74, 6) is -0.345. The van der Waals surface area contributed by atoms with Gasteiger partial charge in [-0.05, 0) is 75.9 Å². The van der Waals surface area contributed by atoms with E-state index in [1.807, 2.05) is 30.0 Å². The van der Waals surface area contributed by atoms with Crippen LogP contribution in [0.1, 0.15) is 49.0 Å². The van der Waals surface area contributed by atoms with Gasteiger partial charge in [-0.1, -0.05) is 0 Å². The van der Waals surface area contributed by atoms with Crippen molar-refractivity contribution in [2.24, 2.45) is 0 Å². The van der Waals surface area contributed by atoms with E-state index in [0.29, 0.717) is 11.4 Å². The van der Waals surface area contributed by atoms with E-state index in [1.165, 1.54) is 6.07 Å². The molecule has 0 spiro atoms. The van der Waals surface area contributed by atoms with Crippen molar-refractivity contribution in [1.29, 1.82) is 0 Å².